The maximum atomic E-state index is 11.8. The first-order chi connectivity index (χ1) is 12.2. The van der Waals surface area contributed by atoms with Gasteiger partial charge in [0.25, 0.3) is 0 Å². The lowest BCUT2D eigenvalue weighted by Gasteiger charge is -2.20. The quantitative estimate of drug-likeness (QED) is 0.306. The Labute approximate surface area is 153 Å². The van der Waals surface area contributed by atoms with Gasteiger partial charge >= 0.3 is 0 Å². The summed E-state index contributed by atoms with van der Waals surface area (Å²) in [4.78, 5) is 14.1. The number of hydrogen-bond donors (Lipinski definition) is 1. The second kappa shape index (κ2) is 13.5. The van der Waals surface area contributed by atoms with E-state index in [1.165, 1.54) is 37.8 Å². The van der Waals surface area contributed by atoms with Crippen LogP contribution in [0, 0.1) is 0 Å². The largest absolute Gasteiger partial charge is 0.372 e. The van der Waals surface area contributed by atoms with Crippen molar-refractivity contribution < 1.29 is 4.79 Å². The third-order valence-electron chi connectivity index (χ3n) is 4.43. The minimum atomic E-state index is 0.00423. The normalized spacial score (nSPS) is 11.0. The SMILES string of the molecule is CCCCCCCCCC(=O)NN=Cc1ccc(N(CC)CC)cc1. The molecule has 1 aromatic rings. The predicted octanol–water partition coefficient (Wildman–Crippen LogP) is 5.12. The van der Waals surface area contributed by atoms with Crippen molar-refractivity contribution in [2.24, 2.45) is 5.10 Å². The molecular weight excluding hydrogens is 310 g/mol. The van der Waals surface area contributed by atoms with Crippen molar-refractivity contribution >= 4 is 17.8 Å². The average Bonchev–Trinajstić information content (AvgIpc) is 2.63. The van der Waals surface area contributed by atoms with Gasteiger partial charge in [0.15, 0.2) is 0 Å². The number of carbonyl (C=O) groups excluding carboxylic acids is 1. The fourth-order valence-corrected chi connectivity index (χ4v) is 2.84. The standard InChI is InChI=1S/C21H35N3O/c1-4-7-8-9-10-11-12-13-21(25)23-22-18-19-14-16-20(17-15-19)24(5-2)6-3/h14-18H,4-13H2,1-3H3,(H,23,25). The van der Waals surface area contributed by atoms with Gasteiger partial charge < -0.3 is 4.90 Å². The van der Waals surface area contributed by atoms with Crippen LogP contribution in [0.15, 0.2) is 29.4 Å². The van der Waals surface area contributed by atoms with Crippen molar-refractivity contribution in [2.45, 2.75) is 72.1 Å². The van der Waals surface area contributed by atoms with E-state index in [1.807, 2.05) is 12.1 Å². The number of nitrogens with one attached hydrogen (secondary N) is 1. The number of hydrazone groups is 1. The highest BCUT2D eigenvalue weighted by molar-refractivity contribution is 5.82. The zero-order chi connectivity index (χ0) is 18.3. The average molecular weight is 346 g/mol. The Morgan fingerprint density at radius 3 is 2.16 bits per heavy atom. The highest BCUT2D eigenvalue weighted by atomic mass is 16.2. The molecular formula is C21H35N3O. The van der Waals surface area contributed by atoms with Crippen LogP contribution < -0.4 is 10.3 Å². The molecule has 0 aliphatic carbocycles. The number of amides is 1. The maximum Gasteiger partial charge on any atom is 0.240 e. The first-order valence-corrected chi connectivity index (χ1v) is 9.88. The molecule has 1 rings (SSSR count). The Bertz CT molecular complexity index is 492. The van der Waals surface area contributed by atoms with Crippen molar-refractivity contribution in [1.29, 1.82) is 0 Å². The summed E-state index contributed by atoms with van der Waals surface area (Å²) >= 11 is 0. The van der Waals surface area contributed by atoms with Gasteiger partial charge in [-0.05, 0) is 38.0 Å². The van der Waals surface area contributed by atoms with Crippen LogP contribution in [0.5, 0.6) is 0 Å². The summed E-state index contributed by atoms with van der Waals surface area (Å²) in [6.45, 7) is 8.53. The molecule has 0 spiro atoms. The van der Waals surface area contributed by atoms with Gasteiger partial charge in [0.1, 0.15) is 0 Å². The highest BCUT2D eigenvalue weighted by Crippen LogP contribution is 2.14. The van der Waals surface area contributed by atoms with Crippen LogP contribution >= 0.6 is 0 Å². The Morgan fingerprint density at radius 1 is 0.960 bits per heavy atom. The number of hydrogen-bond acceptors (Lipinski definition) is 3. The van der Waals surface area contributed by atoms with E-state index < -0.39 is 0 Å². The zero-order valence-corrected chi connectivity index (χ0v) is 16.3. The summed E-state index contributed by atoms with van der Waals surface area (Å²) < 4.78 is 0. The van der Waals surface area contributed by atoms with Crippen molar-refractivity contribution in [1.82, 2.24) is 5.43 Å². The lowest BCUT2D eigenvalue weighted by molar-refractivity contribution is -0.121. The van der Waals surface area contributed by atoms with Crippen LogP contribution in [0.2, 0.25) is 0 Å². The van der Waals surface area contributed by atoms with Crippen LogP contribution in [0.3, 0.4) is 0 Å². The molecule has 0 saturated heterocycles. The van der Waals surface area contributed by atoms with Crippen LogP contribution in [-0.2, 0) is 4.79 Å². The summed E-state index contributed by atoms with van der Waals surface area (Å²) in [5, 5.41) is 4.06. The van der Waals surface area contributed by atoms with E-state index in [2.05, 4.69) is 48.3 Å². The molecule has 0 aliphatic heterocycles. The van der Waals surface area contributed by atoms with Crippen LogP contribution in [0.1, 0.15) is 77.7 Å². The van der Waals surface area contributed by atoms with Crippen LogP contribution in [-0.4, -0.2) is 25.2 Å². The third-order valence-corrected chi connectivity index (χ3v) is 4.43. The lowest BCUT2D eigenvalue weighted by Crippen LogP contribution is -2.21. The van der Waals surface area contributed by atoms with Crippen molar-refractivity contribution in [3.05, 3.63) is 29.8 Å². The molecule has 0 atom stereocenters. The Kier molecular flexibility index (Phi) is 11.4. The topological polar surface area (TPSA) is 44.7 Å². The first-order valence-electron chi connectivity index (χ1n) is 9.88. The van der Waals surface area contributed by atoms with E-state index in [4.69, 9.17) is 0 Å². The van der Waals surface area contributed by atoms with Gasteiger partial charge in [-0.15, -0.1) is 0 Å². The van der Waals surface area contributed by atoms with Gasteiger partial charge in [-0.2, -0.15) is 5.10 Å². The van der Waals surface area contributed by atoms with Gasteiger partial charge in [-0.3, -0.25) is 4.79 Å². The molecule has 140 valence electrons. The molecule has 0 radical (unpaired) electrons. The molecule has 0 aliphatic rings. The molecule has 0 bridgehead atoms. The molecule has 0 saturated carbocycles. The molecule has 4 nitrogen and oxygen atoms in total. The van der Waals surface area contributed by atoms with E-state index in [0.29, 0.717) is 6.42 Å². The fraction of sp³-hybridized carbons (Fsp3) is 0.619. The minimum Gasteiger partial charge on any atom is -0.372 e. The second-order valence-corrected chi connectivity index (χ2v) is 6.43. The van der Waals surface area contributed by atoms with E-state index in [0.717, 1.165) is 31.5 Å². The van der Waals surface area contributed by atoms with Crippen molar-refractivity contribution in [2.75, 3.05) is 18.0 Å². The number of rotatable bonds is 13. The van der Waals surface area contributed by atoms with Gasteiger partial charge in [0.05, 0.1) is 6.21 Å². The Balaban J connectivity index is 2.22. The third kappa shape index (κ3) is 9.28. The molecule has 0 fully saturated rings. The van der Waals surface area contributed by atoms with Gasteiger partial charge in [0, 0.05) is 25.2 Å². The predicted molar refractivity (Wildman–Crippen MR) is 108 cm³/mol. The second-order valence-electron chi connectivity index (χ2n) is 6.43. The smallest absolute Gasteiger partial charge is 0.240 e. The fourth-order valence-electron chi connectivity index (χ4n) is 2.84. The van der Waals surface area contributed by atoms with Gasteiger partial charge in [0.2, 0.25) is 5.91 Å². The van der Waals surface area contributed by atoms with Crippen molar-refractivity contribution in [3.63, 3.8) is 0 Å². The van der Waals surface area contributed by atoms with E-state index in [-0.39, 0.29) is 5.91 Å². The molecule has 1 N–H and O–H groups in total. The highest BCUT2D eigenvalue weighted by Gasteiger charge is 2.01. The lowest BCUT2D eigenvalue weighted by atomic mass is 10.1. The number of unbranched alkanes of at least 4 members (excludes halogenated alkanes) is 6. The Hall–Kier alpha value is -1.84. The molecule has 25 heavy (non-hydrogen) atoms. The van der Waals surface area contributed by atoms with Gasteiger partial charge in [-0.1, -0.05) is 57.6 Å². The van der Waals surface area contributed by atoms with E-state index in [1.54, 1.807) is 6.21 Å². The zero-order valence-electron chi connectivity index (χ0n) is 16.3. The monoisotopic (exact) mass is 345 g/mol. The Morgan fingerprint density at radius 2 is 1.56 bits per heavy atom. The summed E-state index contributed by atoms with van der Waals surface area (Å²) in [6.07, 6.45) is 10.8. The molecule has 0 heterocycles. The summed E-state index contributed by atoms with van der Waals surface area (Å²) in [5.74, 6) is 0.00423. The van der Waals surface area contributed by atoms with Crippen LogP contribution in [0.25, 0.3) is 0 Å². The van der Waals surface area contributed by atoms with E-state index in [9.17, 15) is 4.79 Å². The summed E-state index contributed by atoms with van der Waals surface area (Å²) in [6, 6.07) is 8.24. The molecule has 4 heteroatoms. The number of anilines is 1. The van der Waals surface area contributed by atoms with Crippen molar-refractivity contribution in [3.8, 4) is 0 Å². The summed E-state index contributed by atoms with van der Waals surface area (Å²) in [7, 11) is 0. The number of benzene rings is 1. The molecule has 0 aromatic heterocycles. The maximum absolute atomic E-state index is 11.8. The molecule has 1 aromatic carbocycles. The summed E-state index contributed by atoms with van der Waals surface area (Å²) in [5.41, 5.74) is 4.83. The van der Waals surface area contributed by atoms with E-state index >= 15 is 0 Å². The number of carbonyl (C=O) groups is 1. The molecule has 1 amide bonds. The minimum absolute atomic E-state index is 0.00423. The first kappa shape index (κ1) is 21.2. The number of nitrogens with zero attached hydrogens (tertiary/aromatic N) is 2. The molecule has 0 unspecified atom stereocenters. The van der Waals surface area contributed by atoms with Gasteiger partial charge in [-0.25, -0.2) is 5.43 Å². The van der Waals surface area contributed by atoms with Crippen LogP contribution in [0.4, 0.5) is 5.69 Å².